The molecule has 32 heavy (non-hydrogen) atoms. The number of hydrogen-bond acceptors (Lipinski definition) is 7. The second-order valence-corrected chi connectivity index (χ2v) is 9.06. The second kappa shape index (κ2) is 11.1. The maximum absolute atomic E-state index is 5.44. The molecule has 1 N–H and O–H groups in total. The van der Waals surface area contributed by atoms with E-state index in [-0.39, 0.29) is 0 Å². The number of ether oxygens (including phenoxy) is 1. The highest BCUT2D eigenvalue weighted by molar-refractivity contribution is 5.63. The minimum absolute atomic E-state index is 0.517. The van der Waals surface area contributed by atoms with E-state index in [1.165, 1.54) is 31.6 Å². The van der Waals surface area contributed by atoms with Crippen molar-refractivity contribution in [1.29, 1.82) is 0 Å². The molecule has 1 aromatic carbocycles. The van der Waals surface area contributed by atoms with Crippen LogP contribution in [0, 0.1) is 6.92 Å². The maximum atomic E-state index is 5.44. The van der Waals surface area contributed by atoms with E-state index in [4.69, 9.17) is 14.7 Å². The molecule has 2 fully saturated rings. The van der Waals surface area contributed by atoms with Crippen LogP contribution < -0.4 is 10.2 Å². The van der Waals surface area contributed by atoms with Crippen molar-refractivity contribution in [2.45, 2.75) is 32.8 Å². The third kappa shape index (κ3) is 5.77. The standard InChI is InChI=1S/C25H38N6O/c1-20-23(19-32-3)25(26-11-6-14-30-12-4-5-13-30)28-24(27-20)21-7-9-22(10-8-21)31-17-15-29(2)16-18-31/h7-10H,4-6,11-19H2,1-3H3,(H,26,27,28). The minimum atomic E-state index is 0.517. The number of methoxy groups -OCH3 is 1. The number of likely N-dealkylation sites (N-methyl/N-ethyl adjacent to an activating group) is 1. The van der Waals surface area contributed by atoms with Crippen LogP contribution in [0.2, 0.25) is 0 Å². The maximum Gasteiger partial charge on any atom is 0.161 e. The van der Waals surface area contributed by atoms with Crippen molar-refractivity contribution < 1.29 is 4.74 Å². The van der Waals surface area contributed by atoms with Crippen LogP contribution in [0.25, 0.3) is 11.4 Å². The number of aryl methyl sites for hydroxylation is 1. The molecular formula is C25H38N6O. The van der Waals surface area contributed by atoms with E-state index in [1.54, 1.807) is 7.11 Å². The fourth-order valence-corrected chi connectivity index (χ4v) is 4.59. The highest BCUT2D eigenvalue weighted by atomic mass is 16.5. The van der Waals surface area contributed by atoms with Crippen LogP contribution in [0.15, 0.2) is 24.3 Å². The van der Waals surface area contributed by atoms with E-state index in [0.29, 0.717) is 6.61 Å². The van der Waals surface area contributed by atoms with Crippen molar-refractivity contribution in [3.63, 3.8) is 0 Å². The van der Waals surface area contributed by atoms with Gasteiger partial charge < -0.3 is 24.8 Å². The van der Waals surface area contributed by atoms with Crippen LogP contribution in [-0.4, -0.2) is 86.3 Å². The van der Waals surface area contributed by atoms with Gasteiger partial charge >= 0.3 is 0 Å². The minimum Gasteiger partial charge on any atom is -0.380 e. The molecule has 0 amide bonds. The van der Waals surface area contributed by atoms with Gasteiger partial charge in [-0.15, -0.1) is 0 Å². The van der Waals surface area contributed by atoms with Gasteiger partial charge in [-0.05, 0) is 77.1 Å². The third-order valence-electron chi connectivity index (χ3n) is 6.64. The van der Waals surface area contributed by atoms with Gasteiger partial charge in [0.1, 0.15) is 5.82 Å². The van der Waals surface area contributed by atoms with Crippen molar-refractivity contribution in [1.82, 2.24) is 19.8 Å². The van der Waals surface area contributed by atoms with E-state index in [9.17, 15) is 0 Å². The van der Waals surface area contributed by atoms with Gasteiger partial charge in [-0.25, -0.2) is 9.97 Å². The van der Waals surface area contributed by atoms with E-state index in [1.807, 2.05) is 6.92 Å². The van der Waals surface area contributed by atoms with Crippen LogP contribution in [0.5, 0.6) is 0 Å². The Balaban J connectivity index is 1.45. The molecule has 0 atom stereocenters. The Bertz CT molecular complexity index is 857. The molecule has 7 heteroatoms. The lowest BCUT2D eigenvalue weighted by Crippen LogP contribution is -2.44. The lowest BCUT2D eigenvalue weighted by atomic mass is 10.1. The Hall–Kier alpha value is -2.22. The smallest absolute Gasteiger partial charge is 0.161 e. The number of aromatic nitrogens is 2. The van der Waals surface area contributed by atoms with Crippen molar-refractivity contribution in [3.8, 4) is 11.4 Å². The van der Waals surface area contributed by atoms with Gasteiger partial charge in [0.05, 0.1) is 6.61 Å². The first-order valence-corrected chi connectivity index (χ1v) is 12.0. The monoisotopic (exact) mass is 438 g/mol. The summed E-state index contributed by atoms with van der Waals surface area (Å²) in [7, 11) is 3.91. The topological polar surface area (TPSA) is 56.8 Å². The molecule has 2 aromatic rings. The van der Waals surface area contributed by atoms with Gasteiger partial charge in [-0.3, -0.25) is 0 Å². The highest BCUT2D eigenvalue weighted by Crippen LogP contribution is 2.26. The van der Waals surface area contributed by atoms with Gasteiger partial charge in [0.25, 0.3) is 0 Å². The third-order valence-corrected chi connectivity index (χ3v) is 6.64. The summed E-state index contributed by atoms with van der Waals surface area (Å²) in [5.41, 5.74) is 4.35. The second-order valence-electron chi connectivity index (χ2n) is 9.06. The van der Waals surface area contributed by atoms with Gasteiger partial charge in [0.2, 0.25) is 0 Å². The molecule has 2 saturated heterocycles. The Morgan fingerprint density at radius 3 is 2.38 bits per heavy atom. The summed E-state index contributed by atoms with van der Waals surface area (Å²) >= 11 is 0. The summed E-state index contributed by atoms with van der Waals surface area (Å²) in [6.45, 7) is 11.5. The molecule has 0 saturated carbocycles. The summed E-state index contributed by atoms with van der Waals surface area (Å²) in [6, 6.07) is 8.70. The molecule has 7 nitrogen and oxygen atoms in total. The van der Waals surface area contributed by atoms with E-state index in [2.05, 4.69) is 51.3 Å². The number of anilines is 2. The predicted octanol–water partition coefficient (Wildman–Crippen LogP) is 3.25. The summed E-state index contributed by atoms with van der Waals surface area (Å²) < 4.78 is 5.44. The van der Waals surface area contributed by atoms with Gasteiger partial charge in [-0.1, -0.05) is 0 Å². The zero-order chi connectivity index (χ0) is 22.3. The molecule has 3 heterocycles. The molecule has 0 radical (unpaired) electrons. The number of rotatable bonds is 9. The van der Waals surface area contributed by atoms with Gasteiger partial charge in [0.15, 0.2) is 5.82 Å². The molecule has 1 aromatic heterocycles. The first-order valence-electron chi connectivity index (χ1n) is 12.0. The van der Waals surface area contributed by atoms with Crippen LogP contribution in [0.3, 0.4) is 0 Å². The molecule has 0 aliphatic carbocycles. The summed E-state index contributed by atoms with van der Waals surface area (Å²) in [5, 5.41) is 3.57. The SMILES string of the molecule is COCc1c(C)nc(-c2ccc(N3CCN(C)CC3)cc2)nc1NCCCN1CCCC1. The van der Waals surface area contributed by atoms with Crippen molar-refractivity contribution in [3.05, 3.63) is 35.5 Å². The number of likely N-dealkylation sites (tertiary alicyclic amines) is 1. The number of nitrogens with zero attached hydrogens (tertiary/aromatic N) is 5. The quantitative estimate of drug-likeness (QED) is 0.603. The van der Waals surface area contributed by atoms with Crippen LogP contribution in [0.1, 0.15) is 30.5 Å². The van der Waals surface area contributed by atoms with E-state index in [0.717, 1.165) is 74.2 Å². The Labute approximate surface area is 192 Å². The fourth-order valence-electron chi connectivity index (χ4n) is 4.59. The molecule has 0 bridgehead atoms. The summed E-state index contributed by atoms with van der Waals surface area (Å²) in [5.74, 6) is 1.67. The molecule has 0 spiro atoms. The number of benzene rings is 1. The first kappa shape index (κ1) is 23.0. The average molecular weight is 439 g/mol. The highest BCUT2D eigenvalue weighted by Gasteiger charge is 2.16. The number of hydrogen-bond donors (Lipinski definition) is 1. The largest absolute Gasteiger partial charge is 0.380 e. The predicted molar refractivity (Wildman–Crippen MR) is 131 cm³/mol. The summed E-state index contributed by atoms with van der Waals surface area (Å²) in [6.07, 6.45) is 3.80. The summed E-state index contributed by atoms with van der Waals surface area (Å²) in [4.78, 5) is 17.1. The van der Waals surface area contributed by atoms with Crippen molar-refractivity contribution in [2.75, 3.05) is 76.7 Å². The van der Waals surface area contributed by atoms with Crippen LogP contribution in [0.4, 0.5) is 11.5 Å². The van der Waals surface area contributed by atoms with Gasteiger partial charge in [-0.2, -0.15) is 0 Å². The van der Waals surface area contributed by atoms with Crippen LogP contribution in [-0.2, 0) is 11.3 Å². The van der Waals surface area contributed by atoms with E-state index < -0.39 is 0 Å². The van der Waals surface area contributed by atoms with Gasteiger partial charge in [0, 0.05) is 62.3 Å². The molecule has 4 rings (SSSR count). The molecule has 2 aliphatic rings. The van der Waals surface area contributed by atoms with Crippen LogP contribution >= 0.6 is 0 Å². The normalized spacial score (nSPS) is 17.8. The fraction of sp³-hybridized carbons (Fsp3) is 0.600. The lowest BCUT2D eigenvalue weighted by molar-refractivity contribution is 0.184. The number of piperazine rings is 1. The molecule has 0 unspecified atom stereocenters. The molecule has 2 aliphatic heterocycles. The average Bonchev–Trinajstić information content (AvgIpc) is 3.33. The first-order chi connectivity index (χ1) is 15.6. The molecular weight excluding hydrogens is 400 g/mol. The van der Waals surface area contributed by atoms with Crippen molar-refractivity contribution in [2.24, 2.45) is 0 Å². The zero-order valence-corrected chi connectivity index (χ0v) is 19.9. The lowest BCUT2D eigenvalue weighted by Gasteiger charge is -2.34. The zero-order valence-electron chi connectivity index (χ0n) is 19.9. The Kier molecular flexibility index (Phi) is 7.95. The van der Waals surface area contributed by atoms with Crippen molar-refractivity contribution >= 4 is 11.5 Å². The number of nitrogens with one attached hydrogen (secondary N) is 1. The Morgan fingerprint density at radius 2 is 1.69 bits per heavy atom. The molecule has 174 valence electrons. The Morgan fingerprint density at radius 1 is 0.969 bits per heavy atom. The van der Waals surface area contributed by atoms with E-state index >= 15 is 0 Å².